The minimum atomic E-state index is 0.424. The molecule has 0 spiro atoms. The average Bonchev–Trinajstić information content (AvgIpc) is 2.92. The van der Waals surface area contributed by atoms with E-state index < -0.39 is 0 Å². The van der Waals surface area contributed by atoms with Gasteiger partial charge in [0.15, 0.2) is 0 Å². The number of hydrogen-bond acceptors (Lipinski definition) is 4. The second-order valence-electron chi connectivity index (χ2n) is 5.02. The van der Waals surface area contributed by atoms with E-state index >= 15 is 0 Å². The van der Waals surface area contributed by atoms with Crippen LogP contribution in [-0.4, -0.2) is 26.0 Å². The van der Waals surface area contributed by atoms with Gasteiger partial charge in [-0.3, -0.25) is 4.98 Å². The van der Waals surface area contributed by atoms with Crippen LogP contribution in [0.2, 0.25) is 0 Å². The fourth-order valence-electron chi connectivity index (χ4n) is 2.16. The Kier molecular flexibility index (Phi) is 3.43. The molecule has 0 aliphatic heterocycles. The zero-order chi connectivity index (χ0) is 13.9. The Morgan fingerprint density at radius 3 is 2.95 bits per heavy atom. The topological polar surface area (TPSA) is 55.6 Å². The molecule has 2 aromatic heterocycles. The summed E-state index contributed by atoms with van der Waals surface area (Å²) in [6.07, 6.45) is 3.60. The van der Waals surface area contributed by atoms with Crippen molar-refractivity contribution in [3.8, 4) is 5.69 Å². The highest BCUT2D eigenvalue weighted by Gasteiger charge is 2.09. The quantitative estimate of drug-likeness (QED) is 0.788. The molecule has 3 aromatic rings. The first-order valence-corrected chi connectivity index (χ1v) is 6.73. The molecule has 2 heterocycles. The van der Waals surface area contributed by atoms with Crippen molar-refractivity contribution in [1.82, 2.24) is 25.3 Å². The number of benzene rings is 1. The van der Waals surface area contributed by atoms with Gasteiger partial charge in [-0.25, -0.2) is 4.68 Å². The molecule has 1 N–H and O–H groups in total. The van der Waals surface area contributed by atoms with E-state index in [1.165, 1.54) is 0 Å². The fraction of sp³-hybridized carbons (Fsp3) is 0.267. The van der Waals surface area contributed by atoms with Crippen molar-refractivity contribution in [2.45, 2.75) is 26.4 Å². The van der Waals surface area contributed by atoms with Crippen LogP contribution in [0, 0.1) is 0 Å². The summed E-state index contributed by atoms with van der Waals surface area (Å²) in [5.74, 6) is 0. The van der Waals surface area contributed by atoms with E-state index in [1.807, 2.05) is 28.9 Å². The molecule has 0 aliphatic rings. The second-order valence-corrected chi connectivity index (χ2v) is 5.02. The molecular formula is C15H17N5. The first-order chi connectivity index (χ1) is 9.75. The minimum Gasteiger partial charge on any atom is -0.309 e. The number of fused-ring (bicyclic) bond motifs is 1. The van der Waals surface area contributed by atoms with Crippen molar-refractivity contribution in [3.05, 3.63) is 48.4 Å². The zero-order valence-electron chi connectivity index (χ0n) is 11.6. The molecule has 0 atom stereocenters. The van der Waals surface area contributed by atoms with Crippen LogP contribution in [0.3, 0.4) is 0 Å². The van der Waals surface area contributed by atoms with Gasteiger partial charge in [-0.05, 0) is 24.3 Å². The first kappa shape index (κ1) is 12.7. The molecule has 0 radical (unpaired) electrons. The smallest absolute Gasteiger partial charge is 0.0784 e. The van der Waals surface area contributed by atoms with Crippen molar-refractivity contribution < 1.29 is 0 Å². The van der Waals surface area contributed by atoms with Crippen LogP contribution in [0.4, 0.5) is 0 Å². The van der Waals surface area contributed by atoms with Gasteiger partial charge in [0.05, 0.1) is 23.1 Å². The van der Waals surface area contributed by atoms with Gasteiger partial charge in [0.25, 0.3) is 0 Å². The number of aromatic nitrogens is 4. The van der Waals surface area contributed by atoms with Gasteiger partial charge in [0, 0.05) is 24.2 Å². The number of nitrogens with one attached hydrogen (secondary N) is 1. The van der Waals surface area contributed by atoms with Crippen LogP contribution >= 0.6 is 0 Å². The van der Waals surface area contributed by atoms with Gasteiger partial charge >= 0.3 is 0 Å². The highest BCUT2D eigenvalue weighted by atomic mass is 15.4. The summed E-state index contributed by atoms with van der Waals surface area (Å²) >= 11 is 0. The Morgan fingerprint density at radius 2 is 2.10 bits per heavy atom. The molecule has 5 heteroatoms. The molecule has 0 aliphatic carbocycles. The van der Waals surface area contributed by atoms with Crippen molar-refractivity contribution in [1.29, 1.82) is 0 Å². The van der Waals surface area contributed by atoms with E-state index in [0.29, 0.717) is 6.04 Å². The lowest BCUT2D eigenvalue weighted by Gasteiger charge is -2.11. The third kappa shape index (κ3) is 2.40. The van der Waals surface area contributed by atoms with Gasteiger partial charge in [-0.15, -0.1) is 5.10 Å². The van der Waals surface area contributed by atoms with E-state index in [-0.39, 0.29) is 0 Å². The lowest BCUT2D eigenvalue weighted by atomic mass is 10.2. The number of hydrogen-bond donors (Lipinski definition) is 1. The molecule has 0 amide bonds. The van der Waals surface area contributed by atoms with Gasteiger partial charge in [-0.1, -0.05) is 25.1 Å². The lowest BCUT2D eigenvalue weighted by molar-refractivity contribution is 0.570. The summed E-state index contributed by atoms with van der Waals surface area (Å²) < 4.78 is 1.87. The van der Waals surface area contributed by atoms with Gasteiger partial charge in [-0.2, -0.15) is 0 Å². The van der Waals surface area contributed by atoms with Crippen LogP contribution < -0.4 is 5.32 Å². The normalized spacial score (nSPS) is 11.3. The maximum absolute atomic E-state index is 4.38. The molecular weight excluding hydrogens is 250 g/mol. The van der Waals surface area contributed by atoms with Crippen LogP contribution in [0.1, 0.15) is 19.5 Å². The highest BCUT2D eigenvalue weighted by Crippen LogP contribution is 2.20. The van der Waals surface area contributed by atoms with Crippen molar-refractivity contribution >= 4 is 10.9 Å². The molecule has 102 valence electrons. The summed E-state index contributed by atoms with van der Waals surface area (Å²) in [6, 6.07) is 10.5. The third-order valence-corrected chi connectivity index (χ3v) is 3.16. The Bertz CT molecular complexity index is 712. The molecule has 20 heavy (non-hydrogen) atoms. The van der Waals surface area contributed by atoms with Crippen LogP contribution in [0.5, 0.6) is 0 Å². The van der Waals surface area contributed by atoms with E-state index in [0.717, 1.165) is 28.8 Å². The number of rotatable bonds is 4. The van der Waals surface area contributed by atoms with Gasteiger partial charge in [0.2, 0.25) is 0 Å². The minimum absolute atomic E-state index is 0.424. The molecule has 5 nitrogen and oxygen atoms in total. The van der Waals surface area contributed by atoms with E-state index in [1.54, 1.807) is 12.4 Å². The monoisotopic (exact) mass is 267 g/mol. The predicted molar refractivity (Wildman–Crippen MR) is 78.6 cm³/mol. The Labute approximate surface area is 117 Å². The summed E-state index contributed by atoms with van der Waals surface area (Å²) in [5, 5.41) is 12.7. The molecule has 0 bridgehead atoms. The summed E-state index contributed by atoms with van der Waals surface area (Å²) in [6.45, 7) is 4.98. The Morgan fingerprint density at radius 1 is 1.20 bits per heavy atom. The Hall–Kier alpha value is -2.27. The van der Waals surface area contributed by atoms with E-state index in [2.05, 4.69) is 40.5 Å². The largest absolute Gasteiger partial charge is 0.309 e. The molecule has 0 saturated carbocycles. The number of pyridine rings is 1. The fourth-order valence-corrected chi connectivity index (χ4v) is 2.16. The van der Waals surface area contributed by atoms with Gasteiger partial charge in [0.1, 0.15) is 0 Å². The molecule has 1 aromatic carbocycles. The average molecular weight is 267 g/mol. The van der Waals surface area contributed by atoms with Gasteiger partial charge < -0.3 is 5.32 Å². The van der Waals surface area contributed by atoms with Crippen LogP contribution in [0.25, 0.3) is 16.6 Å². The maximum atomic E-state index is 4.38. The predicted octanol–water partition coefficient (Wildman–Crippen LogP) is 2.31. The Balaban J connectivity index is 2.05. The van der Waals surface area contributed by atoms with Crippen LogP contribution in [0.15, 0.2) is 42.7 Å². The summed E-state index contributed by atoms with van der Waals surface area (Å²) in [5.41, 5.74) is 3.01. The summed E-state index contributed by atoms with van der Waals surface area (Å²) in [4.78, 5) is 4.38. The standard InChI is InChI=1S/C15H17N5/c1-11(2)17-9-12-10-18-19-20(12)15-7-3-6-14-13(15)5-4-8-16-14/h3-8,10-11,17H,9H2,1-2H3. The second kappa shape index (κ2) is 5.38. The lowest BCUT2D eigenvalue weighted by Crippen LogP contribution is -2.23. The van der Waals surface area contributed by atoms with E-state index in [4.69, 9.17) is 0 Å². The molecule has 3 rings (SSSR count). The number of nitrogens with zero attached hydrogens (tertiary/aromatic N) is 4. The zero-order valence-corrected chi connectivity index (χ0v) is 11.6. The molecule has 0 unspecified atom stereocenters. The third-order valence-electron chi connectivity index (χ3n) is 3.16. The highest BCUT2D eigenvalue weighted by molar-refractivity contribution is 5.86. The maximum Gasteiger partial charge on any atom is 0.0784 e. The summed E-state index contributed by atoms with van der Waals surface area (Å²) in [7, 11) is 0. The van der Waals surface area contributed by atoms with Crippen LogP contribution in [-0.2, 0) is 6.54 Å². The van der Waals surface area contributed by atoms with Crippen molar-refractivity contribution in [2.75, 3.05) is 0 Å². The SMILES string of the molecule is CC(C)NCc1cnnn1-c1cccc2ncccc12. The molecule has 0 fully saturated rings. The first-order valence-electron chi connectivity index (χ1n) is 6.73. The molecule has 0 saturated heterocycles. The van der Waals surface area contributed by atoms with Crippen molar-refractivity contribution in [3.63, 3.8) is 0 Å². The van der Waals surface area contributed by atoms with Crippen molar-refractivity contribution in [2.24, 2.45) is 0 Å². The van der Waals surface area contributed by atoms with E-state index in [9.17, 15) is 0 Å².